The summed E-state index contributed by atoms with van der Waals surface area (Å²) in [6.45, 7) is 0.465. The Morgan fingerprint density at radius 1 is 0.939 bits per heavy atom. The Labute approximate surface area is 200 Å². The Morgan fingerprint density at radius 2 is 1.70 bits per heavy atom. The molecule has 0 aliphatic carbocycles. The monoisotopic (exact) mass is 471 g/mol. The van der Waals surface area contributed by atoms with Gasteiger partial charge in [-0.15, -0.1) is 0 Å². The van der Waals surface area contributed by atoms with Crippen molar-refractivity contribution in [1.82, 2.24) is 0 Å². The van der Waals surface area contributed by atoms with Gasteiger partial charge >= 0.3 is 0 Å². The quantitative estimate of drug-likeness (QED) is 0.232. The molecule has 4 aromatic rings. The predicted molar refractivity (Wildman–Crippen MR) is 137 cm³/mol. The molecule has 4 aromatic carbocycles. The highest BCUT2D eigenvalue weighted by atomic mass is 32.2. The summed E-state index contributed by atoms with van der Waals surface area (Å²) in [5, 5.41) is 2.36. The highest BCUT2D eigenvalue weighted by molar-refractivity contribution is 8.27. The number of ether oxygens (including phenoxy) is 1. The predicted octanol–water partition coefficient (Wildman–Crippen LogP) is 6.96. The minimum atomic E-state index is -0.412. The van der Waals surface area contributed by atoms with Crippen LogP contribution in [0.25, 0.3) is 16.8 Å². The number of thioether (sulfide) groups is 1. The van der Waals surface area contributed by atoms with Gasteiger partial charge in [-0.25, -0.2) is 4.39 Å². The Balaban J connectivity index is 1.29. The van der Waals surface area contributed by atoms with E-state index in [2.05, 4.69) is 24.3 Å². The second kappa shape index (κ2) is 9.17. The highest BCUT2D eigenvalue weighted by Crippen LogP contribution is 2.36. The van der Waals surface area contributed by atoms with Crippen LogP contribution in [-0.4, -0.2) is 10.2 Å². The van der Waals surface area contributed by atoms with Gasteiger partial charge in [0.15, 0.2) is 4.32 Å². The smallest absolute Gasteiger partial charge is 0.270 e. The topological polar surface area (TPSA) is 29.5 Å². The summed E-state index contributed by atoms with van der Waals surface area (Å²) >= 11 is 6.56. The van der Waals surface area contributed by atoms with Gasteiger partial charge in [-0.2, -0.15) is 0 Å². The molecule has 1 amide bonds. The standard InChI is InChI=1S/C27H18FNO2S2/c28-21-8-4-9-22(16-21)29-26(30)25(33-27(29)32)15-18-11-13-23(14-12-18)31-17-20-7-3-6-19-5-1-2-10-24(19)20/h1-16H,17H2/b25-15-. The third-order valence-corrected chi connectivity index (χ3v) is 6.61. The molecular weight excluding hydrogens is 453 g/mol. The van der Waals surface area contributed by atoms with E-state index in [1.54, 1.807) is 18.2 Å². The number of benzene rings is 4. The van der Waals surface area contributed by atoms with E-state index in [1.165, 1.54) is 39.6 Å². The van der Waals surface area contributed by atoms with Gasteiger partial charge in [0.25, 0.3) is 5.91 Å². The number of fused-ring (bicyclic) bond motifs is 1. The van der Waals surface area contributed by atoms with Crippen LogP contribution in [0.2, 0.25) is 0 Å². The number of rotatable bonds is 5. The SMILES string of the molecule is O=C1/C(=C/c2ccc(OCc3cccc4ccccc34)cc2)SC(=S)N1c1cccc(F)c1. The lowest BCUT2D eigenvalue weighted by atomic mass is 10.1. The molecule has 0 saturated carbocycles. The van der Waals surface area contributed by atoms with Gasteiger partial charge in [-0.1, -0.05) is 84.6 Å². The fourth-order valence-electron chi connectivity index (χ4n) is 3.70. The van der Waals surface area contributed by atoms with Gasteiger partial charge < -0.3 is 4.74 Å². The third-order valence-electron chi connectivity index (χ3n) is 5.31. The second-order valence-corrected chi connectivity index (χ2v) is 9.17. The normalized spacial score (nSPS) is 14.9. The average Bonchev–Trinajstić information content (AvgIpc) is 3.11. The van der Waals surface area contributed by atoms with Crippen LogP contribution in [-0.2, 0) is 11.4 Å². The molecule has 0 bridgehead atoms. The van der Waals surface area contributed by atoms with Crippen molar-refractivity contribution < 1.29 is 13.9 Å². The fraction of sp³-hybridized carbons (Fsp3) is 0.0370. The van der Waals surface area contributed by atoms with Gasteiger partial charge in [0.1, 0.15) is 18.2 Å². The summed E-state index contributed by atoms with van der Waals surface area (Å²) in [5.41, 5.74) is 2.41. The van der Waals surface area contributed by atoms with Crippen LogP contribution >= 0.6 is 24.0 Å². The number of carbonyl (C=O) groups is 1. The lowest BCUT2D eigenvalue weighted by molar-refractivity contribution is -0.113. The molecule has 0 N–H and O–H groups in total. The van der Waals surface area contributed by atoms with E-state index in [1.807, 2.05) is 42.5 Å². The molecule has 0 aromatic heterocycles. The molecule has 0 atom stereocenters. The molecule has 1 fully saturated rings. The van der Waals surface area contributed by atoms with Gasteiger partial charge in [0.2, 0.25) is 0 Å². The summed E-state index contributed by atoms with van der Waals surface area (Å²) in [6.07, 6.45) is 1.78. The van der Waals surface area contributed by atoms with Crippen molar-refractivity contribution in [2.75, 3.05) is 4.90 Å². The van der Waals surface area contributed by atoms with Crippen LogP contribution < -0.4 is 9.64 Å². The molecule has 0 spiro atoms. The summed E-state index contributed by atoms with van der Waals surface area (Å²) in [6, 6.07) is 27.8. The molecule has 1 saturated heterocycles. The van der Waals surface area contributed by atoms with Crippen molar-refractivity contribution in [2.24, 2.45) is 0 Å². The Bertz CT molecular complexity index is 1390. The van der Waals surface area contributed by atoms with E-state index in [9.17, 15) is 9.18 Å². The first-order valence-corrected chi connectivity index (χ1v) is 11.5. The number of nitrogens with zero attached hydrogens (tertiary/aromatic N) is 1. The van der Waals surface area contributed by atoms with Gasteiger partial charge in [0, 0.05) is 0 Å². The molecule has 5 rings (SSSR count). The summed E-state index contributed by atoms with van der Waals surface area (Å²) in [5.74, 6) is 0.0731. The first-order valence-electron chi connectivity index (χ1n) is 10.3. The maximum absolute atomic E-state index is 13.6. The lowest BCUT2D eigenvalue weighted by Gasteiger charge is -2.14. The molecule has 1 heterocycles. The summed E-state index contributed by atoms with van der Waals surface area (Å²) in [7, 11) is 0. The van der Waals surface area contributed by atoms with E-state index in [0.29, 0.717) is 21.5 Å². The second-order valence-electron chi connectivity index (χ2n) is 7.49. The van der Waals surface area contributed by atoms with Crippen LogP contribution in [0.5, 0.6) is 5.75 Å². The van der Waals surface area contributed by atoms with Crippen LogP contribution in [0.4, 0.5) is 10.1 Å². The van der Waals surface area contributed by atoms with E-state index >= 15 is 0 Å². The largest absolute Gasteiger partial charge is 0.489 e. The summed E-state index contributed by atoms with van der Waals surface area (Å²) in [4.78, 5) is 14.7. The van der Waals surface area contributed by atoms with E-state index < -0.39 is 5.82 Å². The molecule has 6 heteroatoms. The first kappa shape index (κ1) is 21.4. The zero-order chi connectivity index (χ0) is 22.8. The maximum atomic E-state index is 13.6. The van der Waals surface area contributed by atoms with Crippen LogP contribution in [0.15, 0.2) is 95.9 Å². The van der Waals surface area contributed by atoms with Crippen LogP contribution in [0.3, 0.4) is 0 Å². The minimum Gasteiger partial charge on any atom is -0.489 e. The Morgan fingerprint density at radius 3 is 2.52 bits per heavy atom. The van der Waals surface area contributed by atoms with Crippen molar-refractivity contribution in [1.29, 1.82) is 0 Å². The highest BCUT2D eigenvalue weighted by Gasteiger charge is 2.33. The van der Waals surface area contributed by atoms with Crippen molar-refractivity contribution >= 4 is 56.7 Å². The molecular formula is C27H18FNO2S2. The molecule has 33 heavy (non-hydrogen) atoms. The van der Waals surface area contributed by atoms with Gasteiger partial charge in [-0.05, 0) is 58.3 Å². The maximum Gasteiger partial charge on any atom is 0.270 e. The lowest BCUT2D eigenvalue weighted by Crippen LogP contribution is -2.27. The molecule has 1 aliphatic heterocycles. The molecule has 162 valence electrons. The molecule has 1 aliphatic rings. The van der Waals surface area contributed by atoms with Crippen molar-refractivity contribution in [3.8, 4) is 5.75 Å². The third kappa shape index (κ3) is 4.53. The van der Waals surface area contributed by atoms with Gasteiger partial charge in [0.05, 0.1) is 10.6 Å². The number of thiocarbonyl (C=S) groups is 1. The zero-order valence-electron chi connectivity index (χ0n) is 17.4. The molecule has 0 radical (unpaired) electrons. The van der Waals surface area contributed by atoms with E-state index in [0.717, 1.165) is 16.9 Å². The number of hydrogen-bond donors (Lipinski definition) is 0. The summed E-state index contributed by atoms with van der Waals surface area (Å²) < 4.78 is 20.0. The minimum absolute atomic E-state index is 0.258. The van der Waals surface area contributed by atoms with E-state index in [4.69, 9.17) is 17.0 Å². The fourth-order valence-corrected chi connectivity index (χ4v) is 5.00. The van der Waals surface area contributed by atoms with Crippen molar-refractivity contribution in [3.63, 3.8) is 0 Å². The number of hydrogen-bond acceptors (Lipinski definition) is 4. The van der Waals surface area contributed by atoms with Crippen molar-refractivity contribution in [2.45, 2.75) is 6.61 Å². The Hall–Kier alpha value is -3.48. The van der Waals surface area contributed by atoms with Crippen LogP contribution in [0.1, 0.15) is 11.1 Å². The van der Waals surface area contributed by atoms with Crippen LogP contribution in [0, 0.1) is 5.82 Å². The van der Waals surface area contributed by atoms with E-state index in [-0.39, 0.29) is 5.91 Å². The average molecular weight is 472 g/mol. The molecule has 0 unspecified atom stereocenters. The van der Waals surface area contributed by atoms with Gasteiger partial charge in [-0.3, -0.25) is 9.69 Å². The zero-order valence-corrected chi connectivity index (χ0v) is 19.0. The van der Waals surface area contributed by atoms with Crippen molar-refractivity contribution in [3.05, 3.63) is 113 Å². The molecule has 3 nitrogen and oxygen atoms in total. The Kier molecular flexibility index (Phi) is 5.94. The number of halogens is 1. The number of carbonyl (C=O) groups excluding carboxylic acids is 1. The number of amides is 1. The number of anilines is 1. The first-order chi connectivity index (χ1) is 16.1.